The zero-order chi connectivity index (χ0) is 13.0. The highest BCUT2D eigenvalue weighted by molar-refractivity contribution is 5.89. The maximum Gasteiger partial charge on any atom is 0.338 e. The van der Waals surface area contributed by atoms with Gasteiger partial charge in [0, 0.05) is 6.92 Å². The minimum Gasteiger partial charge on any atom is -0.452 e. The highest BCUT2D eigenvalue weighted by atomic mass is 16.5. The Morgan fingerprint density at radius 1 is 1.39 bits per heavy atom. The van der Waals surface area contributed by atoms with E-state index in [-0.39, 0.29) is 12.5 Å². The molecule has 1 heterocycles. The van der Waals surface area contributed by atoms with Crippen LogP contribution in [-0.2, 0) is 11.3 Å². The summed E-state index contributed by atoms with van der Waals surface area (Å²) in [6.45, 7) is 1.58. The lowest BCUT2D eigenvalue weighted by molar-refractivity contribution is 0.0437. The molecule has 0 N–H and O–H groups in total. The van der Waals surface area contributed by atoms with Crippen LogP contribution in [0.15, 0.2) is 28.7 Å². The van der Waals surface area contributed by atoms with E-state index in [1.54, 1.807) is 19.1 Å². The zero-order valence-corrected chi connectivity index (χ0v) is 9.58. The number of carbonyl (C=O) groups is 1. The molecular formula is C12H9N3O3. The van der Waals surface area contributed by atoms with Crippen LogP contribution in [0.4, 0.5) is 0 Å². The molecule has 0 spiro atoms. The predicted molar refractivity (Wildman–Crippen MR) is 59.3 cm³/mol. The van der Waals surface area contributed by atoms with E-state index in [1.165, 1.54) is 12.1 Å². The second-order valence-electron chi connectivity index (χ2n) is 3.48. The summed E-state index contributed by atoms with van der Waals surface area (Å²) in [6.07, 6.45) is 0. The van der Waals surface area contributed by atoms with Gasteiger partial charge in [-0.2, -0.15) is 5.26 Å². The first-order chi connectivity index (χ1) is 8.69. The molecule has 0 bridgehead atoms. The number of hydrogen-bond donors (Lipinski definition) is 0. The summed E-state index contributed by atoms with van der Waals surface area (Å²) in [4.78, 5) is 11.6. The van der Waals surface area contributed by atoms with Gasteiger partial charge in [0.15, 0.2) is 6.61 Å². The van der Waals surface area contributed by atoms with Gasteiger partial charge >= 0.3 is 5.97 Å². The van der Waals surface area contributed by atoms with E-state index < -0.39 is 5.97 Å². The van der Waals surface area contributed by atoms with E-state index in [0.29, 0.717) is 17.0 Å². The number of hydrogen-bond acceptors (Lipinski definition) is 6. The van der Waals surface area contributed by atoms with Crippen molar-refractivity contribution in [2.24, 2.45) is 0 Å². The molecular weight excluding hydrogens is 234 g/mol. The molecule has 0 saturated carbocycles. The molecule has 1 aromatic heterocycles. The molecule has 0 atom stereocenters. The number of nitriles is 1. The van der Waals surface area contributed by atoms with E-state index in [4.69, 9.17) is 14.4 Å². The van der Waals surface area contributed by atoms with Crippen molar-refractivity contribution in [1.82, 2.24) is 10.2 Å². The first-order valence-corrected chi connectivity index (χ1v) is 5.15. The Labute approximate surface area is 103 Å². The quantitative estimate of drug-likeness (QED) is 0.761. The molecule has 90 valence electrons. The normalized spacial score (nSPS) is 9.78. The number of ether oxygens (including phenoxy) is 1. The fourth-order valence-electron chi connectivity index (χ4n) is 1.29. The van der Waals surface area contributed by atoms with Gasteiger partial charge in [-0.1, -0.05) is 0 Å². The number of rotatable bonds is 3. The van der Waals surface area contributed by atoms with Crippen LogP contribution in [0.5, 0.6) is 0 Å². The van der Waals surface area contributed by atoms with E-state index in [9.17, 15) is 4.79 Å². The van der Waals surface area contributed by atoms with Gasteiger partial charge in [-0.05, 0) is 24.3 Å². The van der Waals surface area contributed by atoms with Gasteiger partial charge in [-0.3, -0.25) is 0 Å². The van der Waals surface area contributed by atoms with E-state index in [2.05, 4.69) is 10.2 Å². The molecule has 0 fully saturated rings. The molecule has 1 aromatic carbocycles. The van der Waals surface area contributed by atoms with Gasteiger partial charge in [-0.15, -0.1) is 10.2 Å². The first-order valence-electron chi connectivity index (χ1n) is 5.15. The van der Waals surface area contributed by atoms with E-state index >= 15 is 0 Å². The van der Waals surface area contributed by atoms with Gasteiger partial charge in [0.05, 0.1) is 17.2 Å². The molecule has 6 heteroatoms. The predicted octanol–water partition coefficient (Wildman–Crippen LogP) is 1.61. The number of carbonyl (C=O) groups excluding carboxylic acids is 1. The van der Waals surface area contributed by atoms with E-state index in [1.807, 2.05) is 6.07 Å². The third-order valence-electron chi connectivity index (χ3n) is 2.14. The van der Waals surface area contributed by atoms with Crippen molar-refractivity contribution in [3.63, 3.8) is 0 Å². The standard InChI is InChI=1S/C12H9N3O3/c1-8-14-15-11(18-8)7-17-12(16)10-4-2-9(6-13)3-5-10/h2-5H,7H2,1H3. The van der Waals surface area contributed by atoms with Gasteiger partial charge in [0.2, 0.25) is 5.89 Å². The van der Waals surface area contributed by atoms with Crippen molar-refractivity contribution in [3.8, 4) is 6.07 Å². The van der Waals surface area contributed by atoms with Crippen LogP contribution < -0.4 is 0 Å². The Morgan fingerprint density at radius 3 is 2.67 bits per heavy atom. The number of benzene rings is 1. The Hall–Kier alpha value is -2.68. The van der Waals surface area contributed by atoms with Crippen molar-refractivity contribution in [2.75, 3.05) is 0 Å². The highest BCUT2D eigenvalue weighted by Gasteiger charge is 2.09. The second kappa shape index (κ2) is 5.10. The van der Waals surface area contributed by atoms with Gasteiger partial charge in [0.1, 0.15) is 0 Å². The average molecular weight is 243 g/mol. The molecule has 0 aliphatic heterocycles. The van der Waals surface area contributed by atoms with Gasteiger partial charge in [0.25, 0.3) is 5.89 Å². The molecule has 0 aliphatic rings. The Bertz CT molecular complexity index is 596. The van der Waals surface area contributed by atoms with Gasteiger partial charge in [-0.25, -0.2) is 4.79 Å². The Balaban J connectivity index is 1.97. The highest BCUT2D eigenvalue weighted by Crippen LogP contribution is 2.07. The van der Waals surface area contributed by atoms with Crippen molar-refractivity contribution >= 4 is 5.97 Å². The Kier molecular flexibility index (Phi) is 3.34. The van der Waals surface area contributed by atoms with Crippen molar-refractivity contribution in [1.29, 1.82) is 5.26 Å². The molecule has 0 aliphatic carbocycles. The summed E-state index contributed by atoms with van der Waals surface area (Å²) in [6, 6.07) is 8.12. The summed E-state index contributed by atoms with van der Waals surface area (Å²) in [5.41, 5.74) is 0.851. The maximum absolute atomic E-state index is 11.6. The largest absolute Gasteiger partial charge is 0.452 e. The van der Waals surface area contributed by atoms with Crippen LogP contribution in [-0.4, -0.2) is 16.2 Å². The lowest BCUT2D eigenvalue weighted by Crippen LogP contribution is -2.05. The summed E-state index contributed by atoms with van der Waals surface area (Å²) in [7, 11) is 0. The van der Waals surface area contributed by atoms with Crippen LogP contribution in [0.2, 0.25) is 0 Å². The van der Waals surface area contributed by atoms with Crippen molar-refractivity contribution < 1.29 is 13.9 Å². The van der Waals surface area contributed by atoms with Crippen LogP contribution in [0.3, 0.4) is 0 Å². The molecule has 2 rings (SSSR count). The fraction of sp³-hybridized carbons (Fsp3) is 0.167. The minimum absolute atomic E-state index is 0.0698. The SMILES string of the molecule is Cc1nnc(COC(=O)c2ccc(C#N)cc2)o1. The smallest absolute Gasteiger partial charge is 0.338 e. The summed E-state index contributed by atoms with van der Waals surface area (Å²) in [5, 5.41) is 15.9. The topological polar surface area (TPSA) is 89.0 Å². The van der Waals surface area contributed by atoms with Crippen molar-refractivity contribution in [3.05, 3.63) is 47.2 Å². The number of aromatic nitrogens is 2. The minimum atomic E-state index is -0.504. The fourth-order valence-corrected chi connectivity index (χ4v) is 1.29. The van der Waals surface area contributed by atoms with Crippen LogP contribution in [0.1, 0.15) is 27.7 Å². The number of esters is 1. The molecule has 6 nitrogen and oxygen atoms in total. The molecule has 0 unspecified atom stereocenters. The van der Waals surface area contributed by atoms with Crippen LogP contribution >= 0.6 is 0 Å². The lowest BCUT2D eigenvalue weighted by Gasteiger charge is -2.01. The molecule has 2 aromatic rings. The van der Waals surface area contributed by atoms with Crippen LogP contribution in [0, 0.1) is 18.3 Å². The second-order valence-corrected chi connectivity index (χ2v) is 3.48. The zero-order valence-electron chi connectivity index (χ0n) is 9.58. The number of aryl methyl sites for hydroxylation is 1. The molecule has 18 heavy (non-hydrogen) atoms. The number of nitrogens with zero attached hydrogens (tertiary/aromatic N) is 3. The summed E-state index contributed by atoms with van der Waals surface area (Å²) < 4.78 is 10.0. The van der Waals surface area contributed by atoms with Crippen molar-refractivity contribution in [2.45, 2.75) is 13.5 Å². The average Bonchev–Trinajstić information content (AvgIpc) is 2.82. The van der Waals surface area contributed by atoms with Crippen LogP contribution in [0.25, 0.3) is 0 Å². The summed E-state index contributed by atoms with van der Waals surface area (Å²) >= 11 is 0. The first kappa shape index (κ1) is 11.8. The maximum atomic E-state index is 11.6. The Morgan fingerprint density at radius 2 is 2.11 bits per heavy atom. The lowest BCUT2D eigenvalue weighted by atomic mass is 10.1. The monoisotopic (exact) mass is 243 g/mol. The van der Waals surface area contributed by atoms with E-state index in [0.717, 1.165) is 0 Å². The third kappa shape index (κ3) is 2.71. The summed E-state index contributed by atoms with van der Waals surface area (Å²) in [5.74, 6) is 0.157. The van der Waals surface area contributed by atoms with Gasteiger partial charge < -0.3 is 9.15 Å². The molecule has 0 saturated heterocycles. The molecule has 0 radical (unpaired) electrons. The third-order valence-corrected chi connectivity index (χ3v) is 2.14. The molecule has 0 amide bonds.